The molecule has 0 radical (unpaired) electrons. The van der Waals surface area contributed by atoms with Crippen molar-refractivity contribution >= 4 is 12.0 Å². The van der Waals surface area contributed by atoms with Crippen LogP contribution in [0.4, 0.5) is 4.79 Å². The molecule has 1 aromatic rings. The van der Waals surface area contributed by atoms with Crippen molar-refractivity contribution in [2.45, 2.75) is 70.8 Å². The van der Waals surface area contributed by atoms with Gasteiger partial charge < -0.3 is 14.5 Å². The Kier molecular flexibility index (Phi) is 5.31. The second-order valence-corrected chi connectivity index (χ2v) is 10.3. The first-order chi connectivity index (χ1) is 14.2. The third-order valence-electron chi connectivity index (χ3n) is 8.12. The van der Waals surface area contributed by atoms with Gasteiger partial charge in [-0.25, -0.2) is 4.79 Å². The van der Waals surface area contributed by atoms with Crippen LogP contribution in [0.5, 0.6) is 0 Å². The number of aromatic nitrogens is 1. The lowest BCUT2D eigenvalue weighted by Gasteiger charge is -2.54. The number of hydrogen-bond donors (Lipinski definition) is 0. The molecule has 2 saturated carbocycles. The number of carbonyl (C=O) groups is 2. The van der Waals surface area contributed by atoms with E-state index in [9.17, 15) is 9.59 Å². The molecule has 30 heavy (non-hydrogen) atoms. The Morgan fingerprint density at radius 2 is 1.80 bits per heavy atom. The zero-order chi connectivity index (χ0) is 21.7. The van der Waals surface area contributed by atoms with Gasteiger partial charge in [-0.1, -0.05) is 6.07 Å². The van der Waals surface area contributed by atoms with Gasteiger partial charge in [0.05, 0.1) is 7.11 Å². The first-order valence-electron chi connectivity index (χ1n) is 11.2. The number of pyridine rings is 1. The highest BCUT2D eigenvalue weighted by Crippen LogP contribution is 2.57. The summed E-state index contributed by atoms with van der Waals surface area (Å²) in [7, 11) is 3.16. The van der Waals surface area contributed by atoms with Crippen LogP contribution in [0.2, 0.25) is 0 Å². The van der Waals surface area contributed by atoms with E-state index < -0.39 is 0 Å². The third-order valence-corrected chi connectivity index (χ3v) is 8.12. The van der Waals surface area contributed by atoms with Crippen molar-refractivity contribution in [3.8, 4) is 0 Å². The van der Waals surface area contributed by atoms with Gasteiger partial charge >= 0.3 is 6.09 Å². The van der Waals surface area contributed by atoms with E-state index in [0.717, 1.165) is 38.8 Å². The van der Waals surface area contributed by atoms with Gasteiger partial charge in [0.15, 0.2) is 0 Å². The number of nitrogens with zero attached hydrogens (tertiary/aromatic N) is 3. The lowest BCUT2D eigenvalue weighted by atomic mass is 9.56. The Morgan fingerprint density at radius 1 is 1.17 bits per heavy atom. The summed E-state index contributed by atoms with van der Waals surface area (Å²) in [6, 6.07) is 2.23. The summed E-state index contributed by atoms with van der Waals surface area (Å²) in [4.78, 5) is 33.2. The van der Waals surface area contributed by atoms with E-state index in [0.29, 0.717) is 11.3 Å². The highest BCUT2D eigenvalue weighted by molar-refractivity contribution is 5.81. The van der Waals surface area contributed by atoms with Crippen molar-refractivity contribution in [2.24, 2.45) is 11.3 Å². The van der Waals surface area contributed by atoms with Crippen molar-refractivity contribution in [3.63, 3.8) is 0 Å². The van der Waals surface area contributed by atoms with E-state index in [1.807, 2.05) is 13.1 Å². The average molecular weight is 414 g/mol. The van der Waals surface area contributed by atoms with E-state index >= 15 is 0 Å². The molecule has 2 amide bonds. The number of amides is 2. The number of piperidine rings is 1. The average Bonchev–Trinajstić information content (AvgIpc) is 2.68. The molecule has 2 aliphatic carbocycles. The van der Waals surface area contributed by atoms with E-state index in [1.54, 1.807) is 11.9 Å². The second-order valence-electron chi connectivity index (χ2n) is 10.3. The van der Waals surface area contributed by atoms with Gasteiger partial charge in [-0.15, -0.1) is 0 Å². The predicted molar refractivity (Wildman–Crippen MR) is 115 cm³/mol. The molecule has 3 aliphatic rings. The van der Waals surface area contributed by atoms with Crippen molar-refractivity contribution in [1.82, 2.24) is 14.8 Å². The molecule has 1 aliphatic heterocycles. The molecule has 1 aromatic heterocycles. The van der Waals surface area contributed by atoms with Crippen molar-refractivity contribution in [1.29, 1.82) is 0 Å². The largest absolute Gasteiger partial charge is 0.453 e. The number of aryl methyl sites for hydroxylation is 2. The molecule has 0 N–H and O–H groups in total. The summed E-state index contributed by atoms with van der Waals surface area (Å²) in [5.41, 5.74) is 3.94. The minimum absolute atomic E-state index is 0.0321. The fourth-order valence-corrected chi connectivity index (χ4v) is 6.01. The molecule has 4 rings (SSSR count). The summed E-state index contributed by atoms with van der Waals surface area (Å²) in [5.74, 6) is 0.881. The van der Waals surface area contributed by atoms with Crippen LogP contribution in [0.1, 0.15) is 68.2 Å². The molecule has 1 saturated heterocycles. The topological polar surface area (TPSA) is 62.7 Å². The number of ether oxygens (including phenoxy) is 1. The summed E-state index contributed by atoms with van der Waals surface area (Å²) in [6.07, 6.45) is 7.71. The van der Waals surface area contributed by atoms with Crippen LogP contribution in [0.25, 0.3) is 0 Å². The molecule has 3 fully saturated rings. The molecule has 1 spiro atoms. The quantitative estimate of drug-likeness (QED) is 0.750. The number of carbonyl (C=O) groups excluding carboxylic acids is 2. The fraction of sp³-hybridized carbons (Fsp3) is 0.708. The van der Waals surface area contributed by atoms with E-state index in [-0.39, 0.29) is 23.5 Å². The molecule has 6 nitrogen and oxygen atoms in total. The summed E-state index contributed by atoms with van der Waals surface area (Å²) in [5, 5.41) is 0. The zero-order valence-corrected chi connectivity index (χ0v) is 19.0. The van der Waals surface area contributed by atoms with Gasteiger partial charge in [0.25, 0.3) is 0 Å². The minimum Gasteiger partial charge on any atom is -0.453 e. The monoisotopic (exact) mass is 413 g/mol. The van der Waals surface area contributed by atoms with Crippen LogP contribution < -0.4 is 0 Å². The van der Waals surface area contributed by atoms with Gasteiger partial charge in [0, 0.05) is 49.4 Å². The first-order valence-corrected chi connectivity index (χ1v) is 11.2. The standard InChI is InChI=1S/C24H35N3O3/c1-16-10-17(2)20(25-15-16)18-13-24(14-18)6-8-27(9-7-24)21(28)19-11-23(3,12-19)26(4)22(29)30-5/h10,15,18-19H,6-9,11-14H2,1-5H3. The minimum atomic E-state index is -0.332. The molecule has 0 bridgehead atoms. The van der Waals surface area contributed by atoms with Crippen LogP contribution in [0.3, 0.4) is 0 Å². The van der Waals surface area contributed by atoms with Crippen LogP contribution >= 0.6 is 0 Å². The van der Waals surface area contributed by atoms with Crippen LogP contribution in [0.15, 0.2) is 12.3 Å². The molecule has 164 valence electrons. The second kappa shape index (κ2) is 7.54. The van der Waals surface area contributed by atoms with Gasteiger partial charge in [0.2, 0.25) is 5.91 Å². The van der Waals surface area contributed by atoms with Crippen LogP contribution in [0, 0.1) is 25.2 Å². The molecular weight excluding hydrogens is 378 g/mol. The lowest BCUT2D eigenvalue weighted by Crippen LogP contribution is -2.60. The molecular formula is C24H35N3O3. The van der Waals surface area contributed by atoms with Crippen LogP contribution in [-0.4, -0.2) is 59.6 Å². The van der Waals surface area contributed by atoms with Crippen molar-refractivity contribution in [3.05, 3.63) is 29.1 Å². The Bertz CT molecular complexity index is 830. The number of likely N-dealkylation sites (tertiary alicyclic amines) is 1. The van der Waals surface area contributed by atoms with Gasteiger partial charge in [-0.2, -0.15) is 0 Å². The van der Waals surface area contributed by atoms with E-state index in [4.69, 9.17) is 9.72 Å². The molecule has 0 unspecified atom stereocenters. The van der Waals surface area contributed by atoms with E-state index in [2.05, 4.69) is 24.8 Å². The van der Waals surface area contributed by atoms with Gasteiger partial charge in [-0.3, -0.25) is 9.78 Å². The molecule has 2 heterocycles. The smallest absolute Gasteiger partial charge is 0.409 e. The number of rotatable bonds is 3. The SMILES string of the molecule is COC(=O)N(C)C1(C)CC(C(=O)N2CCC3(CC2)CC(c2ncc(C)cc2C)C3)C1. The normalized spacial score (nSPS) is 27.9. The lowest BCUT2D eigenvalue weighted by molar-refractivity contribution is -0.147. The fourth-order valence-electron chi connectivity index (χ4n) is 6.01. The zero-order valence-electron chi connectivity index (χ0n) is 19.0. The Morgan fingerprint density at radius 3 is 2.37 bits per heavy atom. The number of methoxy groups -OCH3 is 1. The summed E-state index contributed by atoms with van der Waals surface area (Å²) < 4.78 is 4.83. The molecule has 0 aromatic carbocycles. The molecule has 6 heteroatoms. The third kappa shape index (κ3) is 3.58. The maximum atomic E-state index is 13.0. The van der Waals surface area contributed by atoms with Crippen LogP contribution in [-0.2, 0) is 9.53 Å². The number of hydrogen-bond acceptors (Lipinski definition) is 4. The van der Waals surface area contributed by atoms with E-state index in [1.165, 1.54) is 36.8 Å². The maximum Gasteiger partial charge on any atom is 0.409 e. The van der Waals surface area contributed by atoms with Gasteiger partial charge in [0.1, 0.15) is 0 Å². The van der Waals surface area contributed by atoms with Crippen molar-refractivity contribution < 1.29 is 14.3 Å². The Labute approximate surface area is 180 Å². The molecule has 0 atom stereocenters. The summed E-state index contributed by atoms with van der Waals surface area (Å²) in [6.45, 7) is 8.04. The Balaban J connectivity index is 1.27. The highest BCUT2D eigenvalue weighted by Gasteiger charge is 2.52. The highest BCUT2D eigenvalue weighted by atomic mass is 16.5. The predicted octanol–water partition coefficient (Wildman–Crippen LogP) is 4.05. The first kappa shape index (κ1) is 21.1. The van der Waals surface area contributed by atoms with Gasteiger partial charge in [-0.05, 0) is 75.8 Å². The maximum absolute atomic E-state index is 13.0. The van der Waals surface area contributed by atoms with Crippen molar-refractivity contribution in [2.75, 3.05) is 27.2 Å². The Hall–Kier alpha value is -2.11. The summed E-state index contributed by atoms with van der Waals surface area (Å²) >= 11 is 0.